The Hall–Kier alpha value is -2.55. The number of fused-ring (bicyclic) bond motifs is 2. The molecule has 142 valence electrons. The topological polar surface area (TPSA) is 22.2 Å². The average Bonchev–Trinajstić information content (AvgIpc) is 3.17. The predicted molar refractivity (Wildman–Crippen MR) is 116 cm³/mol. The first kappa shape index (κ1) is 19.2. The van der Waals surface area contributed by atoms with Crippen LogP contribution in [0.3, 0.4) is 0 Å². The molecule has 3 heteroatoms. The van der Waals surface area contributed by atoms with Gasteiger partial charge in [-0.15, -0.1) is 0 Å². The molecule has 4 aromatic rings. The van der Waals surface area contributed by atoms with Gasteiger partial charge in [0, 0.05) is 35.9 Å². The fourth-order valence-electron chi connectivity index (χ4n) is 3.45. The normalized spacial score (nSPS) is 12.3. The van der Waals surface area contributed by atoms with Crippen LogP contribution in [-0.2, 0) is 17.9 Å². The van der Waals surface area contributed by atoms with Gasteiger partial charge in [-0.1, -0.05) is 65.8 Å². The minimum atomic E-state index is 0.170. The standard InChI is InChI=1S/C13H17N.C11H14N2/c1-13(2,3)11-9-14(4)12-8-6-5-7-10(11)12;1-11(2,3)9-8-12-13-7-5-4-6-10(9)13/h5-9H,1-4H3;4-8H,1-3H3. The second-order valence-corrected chi connectivity index (χ2v) is 9.26. The highest BCUT2D eigenvalue weighted by Crippen LogP contribution is 2.30. The minimum absolute atomic E-state index is 0.170. The highest BCUT2D eigenvalue weighted by atomic mass is 15.2. The van der Waals surface area contributed by atoms with Crippen LogP contribution in [0.1, 0.15) is 52.7 Å². The molecule has 27 heavy (non-hydrogen) atoms. The second kappa shape index (κ2) is 6.88. The monoisotopic (exact) mass is 361 g/mol. The van der Waals surface area contributed by atoms with Crippen molar-refractivity contribution in [3.8, 4) is 0 Å². The van der Waals surface area contributed by atoms with Gasteiger partial charge in [0.25, 0.3) is 0 Å². The first-order valence-electron chi connectivity index (χ1n) is 9.56. The summed E-state index contributed by atoms with van der Waals surface area (Å²) in [5.41, 5.74) is 5.64. The fourth-order valence-corrected chi connectivity index (χ4v) is 3.45. The molecule has 3 nitrogen and oxygen atoms in total. The number of para-hydroxylation sites is 1. The highest BCUT2D eigenvalue weighted by molar-refractivity contribution is 5.84. The molecular formula is C24H31N3. The van der Waals surface area contributed by atoms with Crippen molar-refractivity contribution in [1.82, 2.24) is 14.2 Å². The molecule has 3 heterocycles. The van der Waals surface area contributed by atoms with Crippen LogP contribution in [0.2, 0.25) is 0 Å². The molecule has 0 aliphatic rings. The summed E-state index contributed by atoms with van der Waals surface area (Å²) in [4.78, 5) is 0. The summed E-state index contributed by atoms with van der Waals surface area (Å²) in [7, 11) is 2.11. The Kier molecular flexibility index (Phi) is 4.90. The zero-order valence-electron chi connectivity index (χ0n) is 17.6. The molecule has 0 amide bonds. The summed E-state index contributed by atoms with van der Waals surface area (Å²) < 4.78 is 4.12. The summed E-state index contributed by atoms with van der Waals surface area (Å²) in [6.07, 6.45) is 6.17. The lowest BCUT2D eigenvalue weighted by atomic mass is 9.87. The Labute approximate surface area is 162 Å². The van der Waals surface area contributed by atoms with E-state index in [-0.39, 0.29) is 10.8 Å². The van der Waals surface area contributed by atoms with Gasteiger partial charge >= 0.3 is 0 Å². The van der Waals surface area contributed by atoms with Crippen LogP contribution in [0.15, 0.2) is 61.1 Å². The van der Waals surface area contributed by atoms with Crippen LogP contribution >= 0.6 is 0 Å². The van der Waals surface area contributed by atoms with E-state index in [1.54, 1.807) is 0 Å². The average molecular weight is 362 g/mol. The Bertz CT molecular complexity index is 1050. The first-order chi connectivity index (χ1) is 12.6. The van der Waals surface area contributed by atoms with Crippen molar-refractivity contribution in [2.24, 2.45) is 7.05 Å². The van der Waals surface area contributed by atoms with E-state index in [0.29, 0.717) is 0 Å². The van der Waals surface area contributed by atoms with E-state index in [9.17, 15) is 0 Å². The second-order valence-electron chi connectivity index (χ2n) is 9.26. The van der Waals surface area contributed by atoms with Crippen molar-refractivity contribution >= 4 is 16.4 Å². The molecule has 0 aliphatic carbocycles. The van der Waals surface area contributed by atoms with Gasteiger partial charge in [-0.3, -0.25) is 0 Å². The van der Waals surface area contributed by atoms with Crippen molar-refractivity contribution in [1.29, 1.82) is 0 Å². The molecule has 0 atom stereocenters. The maximum Gasteiger partial charge on any atom is 0.0698 e. The quantitative estimate of drug-likeness (QED) is 0.370. The van der Waals surface area contributed by atoms with Crippen LogP contribution in [0.25, 0.3) is 16.4 Å². The number of pyridine rings is 1. The molecule has 0 spiro atoms. The lowest BCUT2D eigenvalue weighted by Gasteiger charge is -2.17. The van der Waals surface area contributed by atoms with Gasteiger partial charge in [-0.2, -0.15) is 5.10 Å². The van der Waals surface area contributed by atoms with Gasteiger partial charge in [-0.25, -0.2) is 4.52 Å². The number of aromatic nitrogens is 3. The highest BCUT2D eigenvalue weighted by Gasteiger charge is 2.19. The van der Waals surface area contributed by atoms with Crippen LogP contribution in [0, 0.1) is 0 Å². The number of benzene rings is 1. The maximum absolute atomic E-state index is 4.30. The predicted octanol–water partition coefficient (Wildman–Crippen LogP) is 6.11. The van der Waals surface area contributed by atoms with Gasteiger partial charge in [0.2, 0.25) is 0 Å². The summed E-state index contributed by atoms with van der Waals surface area (Å²) in [5, 5.41) is 5.68. The largest absolute Gasteiger partial charge is 0.350 e. The molecule has 1 aromatic carbocycles. The van der Waals surface area contributed by atoms with Gasteiger partial charge in [0.1, 0.15) is 0 Å². The lowest BCUT2D eigenvalue weighted by molar-refractivity contribution is 0.593. The third-order valence-corrected chi connectivity index (χ3v) is 4.94. The summed E-state index contributed by atoms with van der Waals surface area (Å²) in [6.45, 7) is 13.4. The number of aryl methyl sites for hydroxylation is 1. The summed E-state index contributed by atoms with van der Waals surface area (Å²) in [6, 6.07) is 14.7. The van der Waals surface area contributed by atoms with E-state index in [2.05, 4.69) is 94.8 Å². The third kappa shape index (κ3) is 3.92. The number of hydrogen-bond donors (Lipinski definition) is 0. The van der Waals surface area contributed by atoms with E-state index in [1.807, 2.05) is 29.0 Å². The lowest BCUT2D eigenvalue weighted by Crippen LogP contribution is -2.10. The van der Waals surface area contributed by atoms with Crippen LogP contribution in [-0.4, -0.2) is 14.2 Å². The summed E-state index contributed by atoms with van der Waals surface area (Å²) in [5.74, 6) is 0. The first-order valence-corrected chi connectivity index (χ1v) is 9.56. The van der Waals surface area contributed by atoms with E-state index >= 15 is 0 Å². The molecule has 0 aliphatic heterocycles. The summed E-state index contributed by atoms with van der Waals surface area (Å²) >= 11 is 0. The smallest absolute Gasteiger partial charge is 0.0698 e. The van der Waals surface area contributed by atoms with Gasteiger partial charge in [-0.05, 0) is 34.6 Å². The molecule has 0 radical (unpaired) electrons. The van der Waals surface area contributed by atoms with Gasteiger partial charge in [0.05, 0.1) is 11.7 Å². The fraction of sp³-hybridized carbons (Fsp3) is 0.375. The number of nitrogens with zero attached hydrogens (tertiary/aromatic N) is 3. The van der Waals surface area contributed by atoms with E-state index < -0.39 is 0 Å². The molecule has 4 rings (SSSR count). The molecule has 0 N–H and O–H groups in total. The van der Waals surface area contributed by atoms with Crippen molar-refractivity contribution in [2.75, 3.05) is 0 Å². The van der Waals surface area contributed by atoms with E-state index in [0.717, 1.165) is 0 Å². The van der Waals surface area contributed by atoms with Crippen molar-refractivity contribution in [3.05, 3.63) is 72.2 Å². The molecule has 0 bridgehead atoms. The van der Waals surface area contributed by atoms with Crippen LogP contribution < -0.4 is 0 Å². The minimum Gasteiger partial charge on any atom is -0.350 e. The number of rotatable bonds is 0. The Balaban J connectivity index is 0.000000156. The van der Waals surface area contributed by atoms with Gasteiger partial charge in [0.15, 0.2) is 0 Å². The number of hydrogen-bond acceptors (Lipinski definition) is 1. The van der Waals surface area contributed by atoms with Crippen LogP contribution in [0.5, 0.6) is 0 Å². The van der Waals surface area contributed by atoms with Crippen molar-refractivity contribution < 1.29 is 0 Å². The molecule has 3 aromatic heterocycles. The van der Waals surface area contributed by atoms with Crippen molar-refractivity contribution in [3.63, 3.8) is 0 Å². The van der Waals surface area contributed by atoms with E-state index in [1.165, 1.54) is 27.5 Å². The third-order valence-electron chi connectivity index (χ3n) is 4.94. The molecule has 0 fully saturated rings. The Morgan fingerprint density at radius 2 is 1.33 bits per heavy atom. The molecule has 0 saturated carbocycles. The van der Waals surface area contributed by atoms with Crippen molar-refractivity contribution in [2.45, 2.75) is 52.4 Å². The Morgan fingerprint density at radius 1 is 0.741 bits per heavy atom. The van der Waals surface area contributed by atoms with Crippen LogP contribution in [0.4, 0.5) is 0 Å². The zero-order chi connectivity index (χ0) is 19.8. The zero-order valence-corrected chi connectivity index (χ0v) is 17.6. The SMILES string of the molecule is CC(C)(C)c1cnn2ccccc12.Cn1cc(C(C)(C)C)c2ccccc21. The Morgan fingerprint density at radius 3 is 2.00 bits per heavy atom. The molecule has 0 unspecified atom stereocenters. The molecular weight excluding hydrogens is 330 g/mol. The molecule has 0 saturated heterocycles. The van der Waals surface area contributed by atoms with Gasteiger partial charge < -0.3 is 4.57 Å². The maximum atomic E-state index is 4.30. The van der Waals surface area contributed by atoms with E-state index in [4.69, 9.17) is 0 Å².